The van der Waals surface area contributed by atoms with Gasteiger partial charge in [-0.2, -0.15) is 0 Å². The largest absolute Gasteiger partial charge is 0.465 e. The van der Waals surface area contributed by atoms with Crippen molar-refractivity contribution in [3.8, 4) is 0 Å². The summed E-state index contributed by atoms with van der Waals surface area (Å²) < 4.78 is 5.67. The third-order valence-electron chi connectivity index (χ3n) is 2.43. The molecule has 0 aliphatic carbocycles. The Morgan fingerprint density at radius 2 is 2.18 bits per heavy atom. The molecule has 0 radical (unpaired) electrons. The number of methoxy groups -OCH3 is 1. The Kier molecular flexibility index (Phi) is 3.28. The smallest absolute Gasteiger partial charge is 0.338 e. The van der Waals surface area contributed by atoms with Crippen LogP contribution in [0, 0.1) is 0 Å². The minimum Gasteiger partial charge on any atom is -0.465 e. The van der Waals surface area contributed by atoms with Crippen LogP contribution in [0.3, 0.4) is 0 Å². The van der Waals surface area contributed by atoms with Gasteiger partial charge in [0, 0.05) is 16.9 Å². The van der Waals surface area contributed by atoms with Gasteiger partial charge in [-0.1, -0.05) is 15.9 Å². The minimum atomic E-state index is -0.369. The van der Waals surface area contributed by atoms with Gasteiger partial charge in [0.15, 0.2) is 0 Å². The van der Waals surface area contributed by atoms with E-state index >= 15 is 0 Å². The van der Waals surface area contributed by atoms with E-state index in [0.29, 0.717) is 11.4 Å². The molecule has 0 unspecified atom stereocenters. The Morgan fingerprint density at radius 3 is 2.82 bits per heavy atom. The standard InChI is InChI=1S/C12H11BrN2O2/c1-14-11-6-9(12(16)17-2)8-5-7(13)3-4-10(8)15-11/h3-6H,1-2H3,(H,14,15). The van der Waals surface area contributed by atoms with Gasteiger partial charge in [-0.3, -0.25) is 0 Å². The zero-order valence-corrected chi connectivity index (χ0v) is 11.0. The second-order valence-corrected chi connectivity index (χ2v) is 4.37. The number of nitrogens with zero attached hydrogens (tertiary/aromatic N) is 1. The maximum absolute atomic E-state index is 11.7. The van der Waals surface area contributed by atoms with Gasteiger partial charge in [0.25, 0.3) is 0 Å². The van der Waals surface area contributed by atoms with Crippen LogP contribution in [0.1, 0.15) is 10.4 Å². The van der Waals surface area contributed by atoms with Crippen molar-refractivity contribution in [2.24, 2.45) is 0 Å². The Morgan fingerprint density at radius 1 is 1.41 bits per heavy atom. The molecule has 0 atom stereocenters. The van der Waals surface area contributed by atoms with Crippen molar-refractivity contribution in [1.82, 2.24) is 4.98 Å². The molecule has 1 N–H and O–H groups in total. The lowest BCUT2D eigenvalue weighted by atomic mass is 10.1. The fourth-order valence-corrected chi connectivity index (χ4v) is 1.97. The molecular formula is C12H11BrN2O2. The highest BCUT2D eigenvalue weighted by molar-refractivity contribution is 9.10. The van der Waals surface area contributed by atoms with Gasteiger partial charge < -0.3 is 10.1 Å². The van der Waals surface area contributed by atoms with Crippen LogP contribution in [0.25, 0.3) is 10.9 Å². The van der Waals surface area contributed by atoms with E-state index in [9.17, 15) is 4.79 Å². The Balaban J connectivity index is 2.76. The maximum Gasteiger partial charge on any atom is 0.338 e. The lowest BCUT2D eigenvalue weighted by molar-refractivity contribution is 0.0603. The molecule has 0 amide bonds. The number of anilines is 1. The van der Waals surface area contributed by atoms with E-state index in [-0.39, 0.29) is 5.97 Å². The predicted octanol–water partition coefficient (Wildman–Crippen LogP) is 2.83. The average molecular weight is 295 g/mol. The molecule has 2 rings (SSSR count). The molecule has 0 spiro atoms. The van der Waals surface area contributed by atoms with Crippen molar-refractivity contribution < 1.29 is 9.53 Å². The van der Waals surface area contributed by atoms with Crippen molar-refractivity contribution in [2.45, 2.75) is 0 Å². The van der Waals surface area contributed by atoms with Gasteiger partial charge in [-0.15, -0.1) is 0 Å². The van der Waals surface area contributed by atoms with Crippen LogP contribution < -0.4 is 5.32 Å². The number of carbonyl (C=O) groups is 1. The zero-order chi connectivity index (χ0) is 12.4. The van der Waals surface area contributed by atoms with E-state index in [1.165, 1.54) is 7.11 Å². The lowest BCUT2D eigenvalue weighted by Crippen LogP contribution is -2.05. The van der Waals surface area contributed by atoms with Gasteiger partial charge in [-0.25, -0.2) is 9.78 Å². The number of pyridine rings is 1. The average Bonchev–Trinajstić information content (AvgIpc) is 2.36. The highest BCUT2D eigenvalue weighted by atomic mass is 79.9. The van der Waals surface area contributed by atoms with Crippen molar-refractivity contribution in [2.75, 3.05) is 19.5 Å². The Bertz CT molecular complexity index is 584. The number of benzene rings is 1. The summed E-state index contributed by atoms with van der Waals surface area (Å²) in [5.74, 6) is 0.271. The highest BCUT2D eigenvalue weighted by Crippen LogP contribution is 2.24. The summed E-state index contributed by atoms with van der Waals surface area (Å²) in [6.45, 7) is 0. The van der Waals surface area contributed by atoms with Crippen molar-refractivity contribution >= 4 is 38.6 Å². The summed E-state index contributed by atoms with van der Waals surface area (Å²) in [7, 11) is 3.12. The molecule has 0 saturated carbocycles. The molecule has 0 bridgehead atoms. The van der Waals surface area contributed by atoms with Crippen LogP contribution in [0.5, 0.6) is 0 Å². The van der Waals surface area contributed by atoms with Crippen molar-refractivity contribution in [3.63, 3.8) is 0 Å². The number of aromatic nitrogens is 1. The predicted molar refractivity (Wildman–Crippen MR) is 70.3 cm³/mol. The van der Waals surface area contributed by atoms with Crippen LogP contribution in [-0.4, -0.2) is 25.1 Å². The van der Waals surface area contributed by atoms with Crippen LogP contribution in [0.4, 0.5) is 5.82 Å². The second kappa shape index (κ2) is 4.71. The molecule has 5 heteroatoms. The van der Waals surface area contributed by atoms with Crippen LogP contribution in [0.15, 0.2) is 28.7 Å². The van der Waals surface area contributed by atoms with E-state index in [1.54, 1.807) is 13.1 Å². The quantitative estimate of drug-likeness (QED) is 0.866. The Labute approximate surface area is 107 Å². The second-order valence-electron chi connectivity index (χ2n) is 3.46. The molecule has 88 valence electrons. The molecule has 1 aromatic heterocycles. The van der Waals surface area contributed by atoms with Gasteiger partial charge >= 0.3 is 5.97 Å². The van der Waals surface area contributed by atoms with Gasteiger partial charge in [0.05, 0.1) is 18.2 Å². The number of hydrogen-bond donors (Lipinski definition) is 1. The summed E-state index contributed by atoms with van der Waals surface area (Å²) >= 11 is 3.38. The number of hydrogen-bond acceptors (Lipinski definition) is 4. The fraction of sp³-hybridized carbons (Fsp3) is 0.167. The molecule has 0 saturated heterocycles. The van der Waals surface area contributed by atoms with Crippen LogP contribution in [-0.2, 0) is 4.74 Å². The van der Waals surface area contributed by atoms with Gasteiger partial charge in [0.2, 0.25) is 0 Å². The number of halogens is 1. The van der Waals surface area contributed by atoms with Crippen LogP contribution in [0.2, 0.25) is 0 Å². The number of rotatable bonds is 2. The van der Waals surface area contributed by atoms with Crippen LogP contribution >= 0.6 is 15.9 Å². The summed E-state index contributed by atoms with van der Waals surface area (Å²) in [4.78, 5) is 16.1. The number of nitrogens with one attached hydrogen (secondary N) is 1. The van der Waals surface area contributed by atoms with E-state index < -0.39 is 0 Å². The molecule has 1 heterocycles. The first-order valence-electron chi connectivity index (χ1n) is 5.02. The third kappa shape index (κ3) is 2.24. The molecular weight excluding hydrogens is 284 g/mol. The minimum absolute atomic E-state index is 0.369. The van der Waals surface area contributed by atoms with E-state index in [2.05, 4.69) is 26.2 Å². The molecule has 2 aromatic rings. The first kappa shape index (κ1) is 11.9. The van der Waals surface area contributed by atoms with Gasteiger partial charge in [0.1, 0.15) is 5.82 Å². The van der Waals surface area contributed by atoms with E-state index in [0.717, 1.165) is 15.4 Å². The normalized spacial score (nSPS) is 10.3. The first-order chi connectivity index (χ1) is 8.15. The lowest BCUT2D eigenvalue weighted by Gasteiger charge is -2.08. The Hall–Kier alpha value is -1.62. The molecule has 4 nitrogen and oxygen atoms in total. The molecule has 0 aliphatic rings. The van der Waals surface area contributed by atoms with Crippen molar-refractivity contribution in [3.05, 3.63) is 34.3 Å². The van der Waals surface area contributed by atoms with E-state index in [1.807, 2.05) is 18.2 Å². The fourth-order valence-electron chi connectivity index (χ4n) is 1.60. The molecule has 0 fully saturated rings. The monoisotopic (exact) mass is 294 g/mol. The summed E-state index contributed by atoms with van der Waals surface area (Å²) in [6.07, 6.45) is 0. The third-order valence-corrected chi connectivity index (χ3v) is 2.93. The van der Waals surface area contributed by atoms with Gasteiger partial charge in [-0.05, 0) is 24.3 Å². The van der Waals surface area contributed by atoms with Crippen molar-refractivity contribution in [1.29, 1.82) is 0 Å². The summed E-state index contributed by atoms with van der Waals surface area (Å²) in [5.41, 5.74) is 1.25. The highest BCUT2D eigenvalue weighted by Gasteiger charge is 2.13. The number of esters is 1. The van der Waals surface area contributed by atoms with E-state index in [4.69, 9.17) is 4.74 Å². The topological polar surface area (TPSA) is 51.2 Å². The molecule has 1 aromatic carbocycles. The SMILES string of the molecule is CNc1cc(C(=O)OC)c2cc(Br)ccc2n1. The zero-order valence-electron chi connectivity index (χ0n) is 9.45. The number of carbonyl (C=O) groups excluding carboxylic acids is 1. The molecule has 17 heavy (non-hydrogen) atoms. The number of ether oxygens (including phenoxy) is 1. The first-order valence-corrected chi connectivity index (χ1v) is 5.81. The summed E-state index contributed by atoms with van der Waals surface area (Å²) in [6, 6.07) is 7.27. The maximum atomic E-state index is 11.7. The number of fused-ring (bicyclic) bond motifs is 1. The summed E-state index contributed by atoms with van der Waals surface area (Å²) in [5, 5.41) is 3.69. The molecule has 0 aliphatic heterocycles.